The zero-order valence-corrected chi connectivity index (χ0v) is 31.4. The summed E-state index contributed by atoms with van der Waals surface area (Å²) in [6.07, 6.45) is -0.249. The third kappa shape index (κ3) is 5.08. The van der Waals surface area contributed by atoms with E-state index in [9.17, 15) is 0 Å². The smallest absolute Gasteiger partial charge is 0.159 e. The van der Waals surface area contributed by atoms with Gasteiger partial charge in [0.15, 0.2) is 5.84 Å². The molecule has 6 heteroatoms. The standard InChI is InChI=1S/C51H32N4OS/c1-3-13-31(14-4-1)49-52-50(32-15-5-2-6-16-32)54-51(53-49)33-25-27-38-41-21-12-22-42(48(41)57-46(38)29-33)40-20-11-19-39-37-28-26-34(30-45(37)56-47(39)40)55-43-23-9-7-17-35(43)36-18-8-10-24-44(36)55/h1-30,49H,(H,52,53,54). The van der Waals surface area contributed by atoms with Crippen LogP contribution in [0.4, 0.5) is 0 Å². The van der Waals surface area contributed by atoms with Crippen LogP contribution < -0.4 is 5.32 Å². The molecule has 1 N–H and O–H groups in total. The summed E-state index contributed by atoms with van der Waals surface area (Å²) < 4.78 is 11.6. The molecule has 0 fully saturated rings. The maximum Gasteiger partial charge on any atom is 0.159 e. The number of hydrogen-bond donors (Lipinski definition) is 1. The molecule has 0 saturated carbocycles. The van der Waals surface area contributed by atoms with Crippen LogP contribution in [0.25, 0.3) is 80.7 Å². The van der Waals surface area contributed by atoms with E-state index in [4.69, 9.17) is 14.4 Å². The van der Waals surface area contributed by atoms with Crippen molar-refractivity contribution in [3.8, 4) is 16.8 Å². The highest BCUT2D eigenvalue weighted by Gasteiger charge is 2.22. The highest BCUT2D eigenvalue weighted by Crippen LogP contribution is 2.44. The molecule has 0 bridgehead atoms. The van der Waals surface area contributed by atoms with Crippen molar-refractivity contribution in [2.45, 2.75) is 6.17 Å². The lowest BCUT2D eigenvalue weighted by molar-refractivity contribution is 0.670. The molecule has 4 heterocycles. The first-order valence-corrected chi connectivity index (χ1v) is 20.0. The number of amidine groups is 2. The van der Waals surface area contributed by atoms with Gasteiger partial charge in [-0.25, -0.2) is 9.98 Å². The SMILES string of the molecule is c1ccc(C2=NC(c3ccc4c(c3)sc3c(-c5cccc6c5oc5cc(-n7c8ccccc8c8ccccc87)ccc56)cccc34)=NC(c3ccccc3)N2)cc1. The largest absolute Gasteiger partial charge is 0.455 e. The summed E-state index contributed by atoms with van der Waals surface area (Å²) in [5.74, 6) is 1.53. The van der Waals surface area contributed by atoms with Gasteiger partial charge in [0.05, 0.1) is 11.0 Å². The average molecular weight is 749 g/mol. The molecule has 0 saturated heterocycles. The number of hydrogen-bond acceptors (Lipinski definition) is 5. The number of thiophene rings is 1. The normalized spacial score (nSPS) is 14.5. The van der Waals surface area contributed by atoms with Crippen molar-refractivity contribution >= 4 is 86.9 Å². The summed E-state index contributed by atoms with van der Waals surface area (Å²) in [4.78, 5) is 10.2. The van der Waals surface area contributed by atoms with Crippen LogP contribution in [0.15, 0.2) is 196 Å². The van der Waals surface area contributed by atoms with Gasteiger partial charge in [-0.05, 0) is 35.9 Å². The maximum absolute atomic E-state index is 6.87. The Morgan fingerprint density at radius 1 is 0.526 bits per heavy atom. The van der Waals surface area contributed by atoms with E-state index in [0.717, 1.165) is 61.3 Å². The first kappa shape index (κ1) is 32.0. The molecule has 0 spiro atoms. The predicted molar refractivity (Wildman–Crippen MR) is 238 cm³/mol. The highest BCUT2D eigenvalue weighted by atomic mass is 32.1. The molecular weight excluding hydrogens is 717 g/mol. The Morgan fingerprint density at radius 2 is 1.19 bits per heavy atom. The van der Waals surface area contributed by atoms with Crippen molar-refractivity contribution in [1.29, 1.82) is 0 Å². The topological polar surface area (TPSA) is 54.8 Å². The number of nitrogens with one attached hydrogen (secondary N) is 1. The monoisotopic (exact) mass is 748 g/mol. The van der Waals surface area contributed by atoms with Crippen molar-refractivity contribution in [2.24, 2.45) is 9.98 Å². The van der Waals surface area contributed by atoms with Crippen LogP contribution >= 0.6 is 11.3 Å². The number of aliphatic imine (C=N–C) groups is 2. The molecule has 0 aliphatic carbocycles. The van der Waals surface area contributed by atoms with Crippen LogP contribution in [-0.2, 0) is 0 Å². The van der Waals surface area contributed by atoms with Crippen molar-refractivity contribution in [1.82, 2.24) is 9.88 Å². The van der Waals surface area contributed by atoms with Gasteiger partial charge in [-0.3, -0.25) is 0 Å². The van der Waals surface area contributed by atoms with Crippen molar-refractivity contribution in [3.63, 3.8) is 0 Å². The van der Waals surface area contributed by atoms with Crippen LogP contribution in [0, 0.1) is 0 Å². The molecular formula is C51H32N4OS. The van der Waals surface area contributed by atoms with E-state index >= 15 is 0 Å². The predicted octanol–water partition coefficient (Wildman–Crippen LogP) is 13.2. The molecule has 268 valence electrons. The molecule has 5 nitrogen and oxygen atoms in total. The summed E-state index contributed by atoms with van der Waals surface area (Å²) in [6, 6.07) is 64.3. The van der Waals surface area contributed by atoms with E-state index < -0.39 is 0 Å². The molecule has 8 aromatic carbocycles. The fraction of sp³-hybridized carbons (Fsp3) is 0.0196. The molecule has 1 aliphatic heterocycles. The minimum Gasteiger partial charge on any atom is -0.455 e. The fourth-order valence-corrected chi connectivity index (χ4v) is 9.89. The van der Waals surface area contributed by atoms with Gasteiger partial charge in [-0.15, -0.1) is 11.3 Å². The van der Waals surface area contributed by atoms with Crippen LogP contribution in [-0.4, -0.2) is 16.2 Å². The molecule has 57 heavy (non-hydrogen) atoms. The first-order valence-electron chi connectivity index (χ1n) is 19.2. The lowest BCUT2D eigenvalue weighted by atomic mass is 10.00. The Balaban J connectivity index is 0.981. The average Bonchev–Trinajstić information content (AvgIpc) is 3.96. The maximum atomic E-state index is 6.87. The van der Waals surface area contributed by atoms with Crippen LogP contribution in [0.5, 0.6) is 0 Å². The molecule has 1 aliphatic rings. The third-order valence-electron chi connectivity index (χ3n) is 11.3. The number of para-hydroxylation sites is 3. The molecule has 3 aromatic heterocycles. The van der Waals surface area contributed by atoms with Crippen LogP contribution in [0.2, 0.25) is 0 Å². The number of nitrogens with zero attached hydrogens (tertiary/aromatic N) is 3. The summed E-state index contributed by atoms with van der Waals surface area (Å²) in [5, 5.41) is 10.7. The minimum absolute atomic E-state index is 0.249. The number of aromatic nitrogens is 1. The molecule has 11 aromatic rings. The van der Waals surface area contributed by atoms with Gasteiger partial charge in [-0.1, -0.05) is 146 Å². The molecule has 12 rings (SSSR count). The zero-order chi connectivity index (χ0) is 37.5. The Bertz CT molecular complexity index is 3390. The van der Waals surface area contributed by atoms with Gasteiger partial charge in [-0.2, -0.15) is 0 Å². The van der Waals surface area contributed by atoms with E-state index in [1.165, 1.54) is 42.0 Å². The van der Waals surface area contributed by atoms with Gasteiger partial charge in [0.2, 0.25) is 0 Å². The quantitative estimate of drug-likeness (QED) is 0.191. The number of furan rings is 1. The van der Waals surface area contributed by atoms with Crippen molar-refractivity contribution < 1.29 is 4.42 Å². The minimum atomic E-state index is -0.249. The summed E-state index contributed by atoms with van der Waals surface area (Å²) in [5.41, 5.74) is 10.6. The number of fused-ring (bicyclic) bond motifs is 9. The highest BCUT2D eigenvalue weighted by molar-refractivity contribution is 7.26. The molecule has 0 amide bonds. The summed E-state index contributed by atoms with van der Waals surface area (Å²) in [7, 11) is 0. The Kier molecular flexibility index (Phi) is 7.09. The van der Waals surface area contributed by atoms with Gasteiger partial charge < -0.3 is 14.3 Å². The lowest BCUT2D eigenvalue weighted by Crippen LogP contribution is -2.33. The molecule has 0 radical (unpaired) electrons. The molecule has 1 atom stereocenters. The van der Waals surface area contributed by atoms with E-state index in [-0.39, 0.29) is 6.17 Å². The van der Waals surface area contributed by atoms with Gasteiger partial charge >= 0.3 is 0 Å². The van der Waals surface area contributed by atoms with Gasteiger partial charge in [0.25, 0.3) is 0 Å². The van der Waals surface area contributed by atoms with E-state index in [0.29, 0.717) is 5.84 Å². The lowest BCUT2D eigenvalue weighted by Gasteiger charge is -2.23. The Hall–Kier alpha value is -7.28. The Labute approximate surface area is 331 Å². The summed E-state index contributed by atoms with van der Waals surface area (Å²) >= 11 is 1.81. The van der Waals surface area contributed by atoms with Crippen molar-refractivity contribution in [3.05, 3.63) is 199 Å². The molecule has 1 unspecified atom stereocenters. The number of benzene rings is 8. The second-order valence-corrected chi connectivity index (χ2v) is 15.6. The van der Waals surface area contributed by atoms with Crippen molar-refractivity contribution in [2.75, 3.05) is 0 Å². The third-order valence-corrected chi connectivity index (χ3v) is 12.5. The van der Waals surface area contributed by atoms with E-state index in [2.05, 4.69) is 168 Å². The van der Waals surface area contributed by atoms with E-state index in [1.54, 1.807) is 0 Å². The van der Waals surface area contributed by atoms with Gasteiger partial charge in [0.1, 0.15) is 23.2 Å². The van der Waals surface area contributed by atoms with Gasteiger partial charge in [0, 0.05) is 75.7 Å². The summed E-state index contributed by atoms with van der Waals surface area (Å²) in [6.45, 7) is 0. The zero-order valence-electron chi connectivity index (χ0n) is 30.6. The second-order valence-electron chi connectivity index (χ2n) is 14.6. The van der Waals surface area contributed by atoms with Crippen LogP contribution in [0.3, 0.4) is 0 Å². The van der Waals surface area contributed by atoms with E-state index in [1.807, 2.05) is 35.6 Å². The second kappa shape index (κ2) is 12.6. The Morgan fingerprint density at radius 3 is 1.98 bits per heavy atom. The number of rotatable bonds is 5. The van der Waals surface area contributed by atoms with Crippen LogP contribution in [0.1, 0.15) is 22.9 Å². The fourth-order valence-electron chi connectivity index (χ4n) is 8.62. The first-order chi connectivity index (χ1) is 28.2.